The van der Waals surface area contributed by atoms with E-state index >= 15 is 0 Å². The highest BCUT2D eigenvalue weighted by atomic mass is 15.4. The SMILES string of the molecule is CCc1cc(N(C(C)CN)C2CCN(c3ncccn3)CC2)n2nc(C)c(-c3c(C)cc(C)cc3C)c2n1. The fourth-order valence-electron chi connectivity index (χ4n) is 6.07. The number of hydrogen-bond acceptors (Lipinski definition) is 7. The third kappa shape index (κ3) is 4.73. The quantitative estimate of drug-likeness (QED) is 0.380. The van der Waals surface area contributed by atoms with E-state index in [2.05, 4.69) is 84.0 Å². The van der Waals surface area contributed by atoms with Crippen molar-refractivity contribution in [2.24, 2.45) is 5.73 Å². The second kappa shape index (κ2) is 10.7. The number of nitrogens with two attached hydrogens (primary N) is 1. The number of rotatable bonds is 7. The van der Waals surface area contributed by atoms with Crippen molar-refractivity contribution >= 4 is 17.4 Å². The third-order valence-electron chi connectivity index (χ3n) is 7.86. The summed E-state index contributed by atoms with van der Waals surface area (Å²) in [5.41, 5.74) is 15.5. The van der Waals surface area contributed by atoms with Crippen LogP contribution >= 0.6 is 0 Å². The molecule has 0 spiro atoms. The largest absolute Gasteiger partial charge is 0.349 e. The normalized spacial score (nSPS) is 15.3. The first-order valence-electron chi connectivity index (χ1n) is 13.8. The standard InChI is InChI=1S/C30H40N8/c1-7-24-17-26(37(22(5)18-31)25-9-13-36(14-10-25)30-32-11-8-12-33-30)38-29(34-24)28(23(6)35-38)27-20(3)15-19(2)16-21(27)4/h8,11-12,15-17,22,25H,7,9-10,13-14,18,31H2,1-6H3. The smallest absolute Gasteiger partial charge is 0.225 e. The minimum absolute atomic E-state index is 0.158. The molecular weight excluding hydrogens is 472 g/mol. The van der Waals surface area contributed by atoms with Crippen molar-refractivity contribution in [1.82, 2.24) is 24.6 Å². The van der Waals surface area contributed by atoms with E-state index in [-0.39, 0.29) is 6.04 Å². The van der Waals surface area contributed by atoms with Crippen LogP contribution in [0, 0.1) is 27.7 Å². The maximum atomic E-state index is 6.31. The summed E-state index contributed by atoms with van der Waals surface area (Å²) in [4.78, 5) is 18.8. The summed E-state index contributed by atoms with van der Waals surface area (Å²) in [5, 5.41) is 5.11. The lowest BCUT2D eigenvalue weighted by Crippen LogP contribution is -2.51. The lowest BCUT2D eigenvalue weighted by Gasteiger charge is -2.42. The fourth-order valence-corrected chi connectivity index (χ4v) is 6.07. The number of aromatic nitrogens is 5. The van der Waals surface area contributed by atoms with Crippen LogP contribution in [0.5, 0.6) is 0 Å². The molecule has 4 heterocycles. The number of anilines is 2. The van der Waals surface area contributed by atoms with Gasteiger partial charge in [-0.25, -0.2) is 15.0 Å². The molecule has 2 N–H and O–H groups in total. The Bertz CT molecular complexity index is 1400. The van der Waals surface area contributed by atoms with Gasteiger partial charge in [0, 0.05) is 55.9 Å². The Kier molecular flexibility index (Phi) is 7.34. The Hall–Kier alpha value is -3.52. The van der Waals surface area contributed by atoms with E-state index in [0.717, 1.165) is 66.7 Å². The molecule has 1 aliphatic heterocycles. The van der Waals surface area contributed by atoms with Gasteiger partial charge >= 0.3 is 0 Å². The minimum atomic E-state index is 0.158. The highest BCUT2D eigenvalue weighted by Gasteiger charge is 2.31. The molecule has 38 heavy (non-hydrogen) atoms. The van der Waals surface area contributed by atoms with Crippen LogP contribution in [0.3, 0.4) is 0 Å². The molecule has 1 aliphatic rings. The van der Waals surface area contributed by atoms with Crippen molar-refractivity contribution in [3.05, 3.63) is 64.7 Å². The van der Waals surface area contributed by atoms with Gasteiger partial charge in [-0.1, -0.05) is 24.6 Å². The van der Waals surface area contributed by atoms with Crippen LogP contribution in [0.2, 0.25) is 0 Å². The van der Waals surface area contributed by atoms with E-state index in [9.17, 15) is 0 Å². The van der Waals surface area contributed by atoms with Gasteiger partial charge in [0.25, 0.3) is 0 Å². The number of nitrogens with zero attached hydrogens (tertiary/aromatic N) is 7. The lowest BCUT2D eigenvalue weighted by atomic mass is 9.94. The molecule has 4 aromatic rings. The van der Waals surface area contributed by atoms with Gasteiger partial charge in [0.05, 0.1) is 11.3 Å². The zero-order chi connectivity index (χ0) is 27.0. The maximum Gasteiger partial charge on any atom is 0.225 e. The van der Waals surface area contributed by atoms with Gasteiger partial charge in [-0.3, -0.25) is 0 Å². The van der Waals surface area contributed by atoms with Gasteiger partial charge in [-0.15, -0.1) is 0 Å². The molecular formula is C30H40N8. The first kappa shape index (κ1) is 26.1. The Morgan fingerprint density at radius 3 is 2.26 bits per heavy atom. The predicted molar refractivity (Wildman–Crippen MR) is 155 cm³/mol. The number of hydrogen-bond donors (Lipinski definition) is 1. The van der Waals surface area contributed by atoms with E-state index in [1.54, 1.807) is 0 Å². The van der Waals surface area contributed by atoms with Crippen LogP contribution in [-0.4, -0.2) is 56.3 Å². The van der Waals surface area contributed by atoms with Gasteiger partial charge in [-0.2, -0.15) is 9.61 Å². The van der Waals surface area contributed by atoms with Crippen LogP contribution in [-0.2, 0) is 6.42 Å². The number of fused-ring (bicyclic) bond motifs is 1. The van der Waals surface area contributed by atoms with Gasteiger partial charge < -0.3 is 15.5 Å². The molecule has 1 saturated heterocycles. The van der Waals surface area contributed by atoms with Gasteiger partial charge in [0.2, 0.25) is 5.95 Å². The predicted octanol–water partition coefficient (Wildman–Crippen LogP) is 4.80. The van der Waals surface area contributed by atoms with E-state index in [1.165, 1.54) is 22.3 Å². The van der Waals surface area contributed by atoms with Crippen LogP contribution in [0.25, 0.3) is 16.8 Å². The summed E-state index contributed by atoms with van der Waals surface area (Å²) < 4.78 is 2.07. The summed E-state index contributed by atoms with van der Waals surface area (Å²) in [6.45, 7) is 15.4. The monoisotopic (exact) mass is 512 g/mol. The average Bonchev–Trinajstić information content (AvgIpc) is 3.24. The van der Waals surface area contributed by atoms with E-state index < -0.39 is 0 Å². The van der Waals surface area contributed by atoms with Gasteiger partial charge in [0.1, 0.15) is 5.82 Å². The van der Waals surface area contributed by atoms with Gasteiger partial charge in [0.15, 0.2) is 5.65 Å². The summed E-state index contributed by atoms with van der Waals surface area (Å²) in [6, 6.07) is 9.08. The van der Waals surface area contributed by atoms with E-state index in [4.69, 9.17) is 15.8 Å². The van der Waals surface area contributed by atoms with Crippen LogP contribution in [0.4, 0.5) is 11.8 Å². The fraction of sp³-hybridized carbons (Fsp3) is 0.467. The van der Waals surface area contributed by atoms with Crippen molar-refractivity contribution in [3.8, 4) is 11.1 Å². The molecule has 0 aliphatic carbocycles. The van der Waals surface area contributed by atoms with Crippen molar-refractivity contribution in [1.29, 1.82) is 0 Å². The molecule has 200 valence electrons. The number of aryl methyl sites for hydroxylation is 5. The van der Waals surface area contributed by atoms with Crippen molar-refractivity contribution in [2.45, 2.75) is 72.9 Å². The summed E-state index contributed by atoms with van der Waals surface area (Å²) >= 11 is 0. The minimum Gasteiger partial charge on any atom is -0.349 e. The Labute approximate surface area is 225 Å². The molecule has 1 unspecified atom stereocenters. The van der Waals surface area contributed by atoms with Crippen LogP contribution in [0.1, 0.15) is 54.8 Å². The van der Waals surface area contributed by atoms with E-state index in [0.29, 0.717) is 12.6 Å². The Morgan fingerprint density at radius 2 is 1.66 bits per heavy atom. The first-order valence-corrected chi connectivity index (χ1v) is 13.8. The molecule has 3 aromatic heterocycles. The molecule has 0 bridgehead atoms. The second-order valence-electron chi connectivity index (χ2n) is 10.7. The molecule has 1 atom stereocenters. The number of benzene rings is 1. The Morgan fingerprint density at radius 1 is 1.00 bits per heavy atom. The lowest BCUT2D eigenvalue weighted by molar-refractivity contribution is 0.427. The van der Waals surface area contributed by atoms with Crippen molar-refractivity contribution < 1.29 is 0 Å². The topological polar surface area (TPSA) is 88.5 Å². The maximum absolute atomic E-state index is 6.31. The van der Waals surface area contributed by atoms with Gasteiger partial charge in [-0.05, 0) is 76.6 Å². The Balaban J connectivity index is 1.60. The molecule has 0 radical (unpaired) electrons. The summed E-state index contributed by atoms with van der Waals surface area (Å²) in [6.07, 6.45) is 6.47. The van der Waals surface area contributed by atoms with Crippen LogP contribution < -0.4 is 15.5 Å². The summed E-state index contributed by atoms with van der Waals surface area (Å²) in [5.74, 6) is 1.89. The van der Waals surface area contributed by atoms with Crippen molar-refractivity contribution in [3.63, 3.8) is 0 Å². The molecule has 5 rings (SSSR count). The van der Waals surface area contributed by atoms with Crippen LogP contribution in [0.15, 0.2) is 36.7 Å². The third-order valence-corrected chi connectivity index (χ3v) is 7.86. The molecule has 0 amide bonds. The molecule has 8 heteroatoms. The molecule has 8 nitrogen and oxygen atoms in total. The van der Waals surface area contributed by atoms with Crippen molar-refractivity contribution in [2.75, 3.05) is 29.4 Å². The zero-order valence-electron chi connectivity index (χ0n) is 23.6. The molecule has 1 fully saturated rings. The molecule has 1 aromatic carbocycles. The zero-order valence-corrected chi connectivity index (χ0v) is 23.6. The molecule has 0 saturated carbocycles. The summed E-state index contributed by atoms with van der Waals surface area (Å²) in [7, 11) is 0. The number of piperidine rings is 1. The average molecular weight is 513 g/mol. The highest BCUT2D eigenvalue weighted by Crippen LogP contribution is 2.36. The highest BCUT2D eigenvalue weighted by molar-refractivity contribution is 5.85. The van der Waals surface area contributed by atoms with E-state index in [1.807, 2.05) is 18.5 Å². The second-order valence-corrected chi connectivity index (χ2v) is 10.7. The first-order chi connectivity index (χ1) is 18.3.